The molecular weight excluding hydrogens is 120 g/mol. The molecule has 1 aliphatic rings. The summed E-state index contributed by atoms with van der Waals surface area (Å²) in [7, 11) is 0. The summed E-state index contributed by atoms with van der Waals surface area (Å²) >= 11 is 0. The third-order valence-electron chi connectivity index (χ3n) is 2.13. The van der Waals surface area contributed by atoms with Crippen molar-refractivity contribution in [1.82, 2.24) is 0 Å². The van der Waals surface area contributed by atoms with Crippen LogP contribution in [0.5, 0.6) is 0 Å². The summed E-state index contributed by atoms with van der Waals surface area (Å²) in [5, 5.41) is 0. The Bertz CT molecular complexity index is 111. The van der Waals surface area contributed by atoms with Crippen LogP contribution in [0.4, 0.5) is 0 Å². The smallest absolute Gasteiger partial charge is 0.0231 e. The maximum absolute atomic E-state index is 2.41. The van der Waals surface area contributed by atoms with E-state index >= 15 is 0 Å². The molecule has 0 aromatic heterocycles. The maximum Gasteiger partial charge on any atom is -0.0231 e. The summed E-state index contributed by atoms with van der Waals surface area (Å²) in [4.78, 5) is 0. The zero-order chi connectivity index (χ0) is 7.40. The van der Waals surface area contributed by atoms with E-state index in [1.807, 2.05) is 0 Å². The number of allylic oxidation sites excluding steroid dienone is 2. The molecular formula is C10H18. The van der Waals surface area contributed by atoms with Crippen molar-refractivity contribution < 1.29 is 0 Å². The summed E-state index contributed by atoms with van der Waals surface area (Å²) in [6, 6.07) is 0. The lowest BCUT2D eigenvalue weighted by atomic mass is 9.89. The normalized spacial score (nSPS) is 25.7. The summed E-state index contributed by atoms with van der Waals surface area (Å²) in [5.74, 6) is 1.77. The molecule has 0 aromatic carbocycles. The van der Waals surface area contributed by atoms with Crippen LogP contribution < -0.4 is 0 Å². The molecule has 0 unspecified atom stereocenters. The molecule has 0 saturated carbocycles. The number of hydrogen-bond donors (Lipinski definition) is 0. The zero-order valence-electron chi connectivity index (χ0n) is 7.14. The van der Waals surface area contributed by atoms with E-state index in [0.29, 0.717) is 0 Å². The molecule has 10 heavy (non-hydrogen) atoms. The first-order valence-electron chi connectivity index (χ1n) is 4.45. The van der Waals surface area contributed by atoms with Gasteiger partial charge >= 0.3 is 0 Å². The van der Waals surface area contributed by atoms with E-state index in [2.05, 4.69) is 26.0 Å². The highest BCUT2D eigenvalue weighted by Crippen LogP contribution is 2.23. The lowest BCUT2D eigenvalue weighted by Crippen LogP contribution is -2.04. The second-order valence-electron chi connectivity index (χ2n) is 3.75. The fourth-order valence-corrected chi connectivity index (χ4v) is 1.68. The Labute approximate surface area is 64.3 Å². The third kappa shape index (κ3) is 2.55. The van der Waals surface area contributed by atoms with Crippen LogP contribution in [-0.2, 0) is 0 Å². The van der Waals surface area contributed by atoms with E-state index in [-0.39, 0.29) is 0 Å². The Kier molecular flexibility index (Phi) is 2.98. The third-order valence-corrected chi connectivity index (χ3v) is 2.13. The first-order chi connectivity index (χ1) is 4.79. The topological polar surface area (TPSA) is 0 Å². The lowest BCUT2D eigenvalue weighted by Gasteiger charge is -2.17. The van der Waals surface area contributed by atoms with Crippen LogP contribution in [0.3, 0.4) is 0 Å². The molecule has 0 nitrogen and oxygen atoms in total. The number of hydrogen-bond acceptors (Lipinski definition) is 0. The first-order valence-corrected chi connectivity index (χ1v) is 4.45. The van der Waals surface area contributed by atoms with Crippen molar-refractivity contribution >= 4 is 0 Å². The molecule has 0 aromatic rings. The van der Waals surface area contributed by atoms with Crippen LogP contribution in [0.1, 0.15) is 39.5 Å². The predicted molar refractivity (Wildman–Crippen MR) is 45.9 cm³/mol. The molecule has 0 spiro atoms. The van der Waals surface area contributed by atoms with Crippen LogP contribution >= 0.6 is 0 Å². The molecule has 0 bridgehead atoms. The van der Waals surface area contributed by atoms with Gasteiger partial charge in [-0.3, -0.25) is 0 Å². The zero-order valence-corrected chi connectivity index (χ0v) is 7.14. The molecule has 1 rings (SSSR count). The van der Waals surface area contributed by atoms with Crippen LogP contribution in [0.15, 0.2) is 12.2 Å². The van der Waals surface area contributed by atoms with Crippen molar-refractivity contribution in [3.8, 4) is 0 Å². The fourth-order valence-electron chi connectivity index (χ4n) is 1.68. The Hall–Kier alpha value is -0.260. The molecule has 0 saturated heterocycles. The van der Waals surface area contributed by atoms with Gasteiger partial charge in [0.15, 0.2) is 0 Å². The highest BCUT2D eigenvalue weighted by Gasteiger charge is 2.09. The molecule has 0 radical (unpaired) electrons. The van der Waals surface area contributed by atoms with E-state index < -0.39 is 0 Å². The van der Waals surface area contributed by atoms with Gasteiger partial charge < -0.3 is 0 Å². The van der Waals surface area contributed by atoms with Gasteiger partial charge in [0.2, 0.25) is 0 Å². The fraction of sp³-hybridized carbons (Fsp3) is 0.800. The molecule has 0 N–H and O–H groups in total. The monoisotopic (exact) mass is 138 g/mol. The quantitative estimate of drug-likeness (QED) is 0.513. The van der Waals surface area contributed by atoms with Gasteiger partial charge in [0.25, 0.3) is 0 Å². The van der Waals surface area contributed by atoms with Crippen molar-refractivity contribution in [2.75, 3.05) is 0 Å². The van der Waals surface area contributed by atoms with Gasteiger partial charge in [-0.05, 0) is 37.5 Å². The van der Waals surface area contributed by atoms with Crippen molar-refractivity contribution in [3.63, 3.8) is 0 Å². The Morgan fingerprint density at radius 2 is 2.30 bits per heavy atom. The molecule has 0 fully saturated rings. The van der Waals surface area contributed by atoms with Crippen LogP contribution in [0.2, 0.25) is 0 Å². The van der Waals surface area contributed by atoms with Gasteiger partial charge in [0.1, 0.15) is 0 Å². The molecule has 58 valence electrons. The first kappa shape index (κ1) is 7.84. The van der Waals surface area contributed by atoms with Crippen LogP contribution in [0.25, 0.3) is 0 Å². The highest BCUT2D eigenvalue weighted by molar-refractivity contribution is 4.92. The van der Waals surface area contributed by atoms with Crippen LogP contribution in [-0.4, -0.2) is 0 Å². The average molecular weight is 138 g/mol. The van der Waals surface area contributed by atoms with Crippen molar-refractivity contribution in [2.45, 2.75) is 39.5 Å². The standard InChI is InChI=1S/C10H18/c1-9(2)8-10-6-4-3-5-7-10/h4,6,9-10H,3,5,7-8H2,1-2H3/t10-/m1/s1. The second kappa shape index (κ2) is 3.80. The summed E-state index contributed by atoms with van der Waals surface area (Å²) in [5.41, 5.74) is 0. The summed E-state index contributed by atoms with van der Waals surface area (Å²) < 4.78 is 0. The second-order valence-corrected chi connectivity index (χ2v) is 3.75. The average Bonchev–Trinajstić information content (AvgIpc) is 1.88. The highest BCUT2D eigenvalue weighted by atomic mass is 14.1. The largest absolute Gasteiger partial charge is 0.0883 e. The van der Waals surface area contributed by atoms with Crippen molar-refractivity contribution in [2.24, 2.45) is 11.8 Å². The van der Waals surface area contributed by atoms with E-state index in [0.717, 1.165) is 11.8 Å². The summed E-state index contributed by atoms with van der Waals surface area (Å²) in [6.45, 7) is 4.62. The molecule has 1 atom stereocenters. The van der Waals surface area contributed by atoms with E-state index in [1.54, 1.807) is 0 Å². The maximum atomic E-state index is 2.41. The SMILES string of the molecule is CC(C)C[C@@H]1C=CCCC1. The predicted octanol–water partition coefficient (Wildman–Crippen LogP) is 3.39. The summed E-state index contributed by atoms with van der Waals surface area (Å²) in [6.07, 6.45) is 10.3. The Balaban J connectivity index is 2.26. The van der Waals surface area contributed by atoms with Gasteiger partial charge in [-0.2, -0.15) is 0 Å². The Morgan fingerprint density at radius 1 is 1.50 bits per heavy atom. The minimum atomic E-state index is 0.868. The molecule has 0 heteroatoms. The molecule has 0 aliphatic heterocycles. The molecule has 0 amide bonds. The van der Waals surface area contributed by atoms with Crippen molar-refractivity contribution in [3.05, 3.63) is 12.2 Å². The van der Waals surface area contributed by atoms with Gasteiger partial charge in [-0.1, -0.05) is 26.0 Å². The van der Waals surface area contributed by atoms with E-state index in [9.17, 15) is 0 Å². The van der Waals surface area contributed by atoms with Crippen molar-refractivity contribution in [1.29, 1.82) is 0 Å². The van der Waals surface area contributed by atoms with E-state index in [1.165, 1.54) is 25.7 Å². The molecule has 1 aliphatic carbocycles. The lowest BCUT2D eigenvalue weighted by molar-refractivity contribution is 0.431. The van der Waals surface area contributed by atoms with E-state index in [4.69, 9.17) is 0 Å². The van der Waals surface area contributed by atoms with Gasteiger partial charge in [-0.25, -0.2) is 0 Å². The number of rotatable bonds is 2. The van der Waals surface area contributed by atoms with Gasteiger partial charge in [-0.15, -0.1) is 0 Å². The molecule has 0 heterocycles. The van der Waals surface area contributed by atoms with Gasteiger partial charge in [0, 0.05) is 0 Å². The van der Waals surface area contributed by atoms with Gasteiger partial charge in [0.05, 0.1) is 0 Å². The minimum Gasteiger partial charge on any atom is -0.0883 e. The minimum absolute atomic E-state index is 0.868. The van der Waals surface area contributed by atoms with Crippen LogP contribution in [0, 0.1) is 11.8 Å². The Morgan fingerprint density at radius 3 is 2.80 bits per heavy atom.